The number of hydrogen-bond acceptors (Lipinski definition) is 3. The number of carbonyl (C=O) groups excluding carboxylic acids is 2. The Balaban J connectivity index is 1.49. The number of amides is 2. The molecule has 0 radical (unpaired) electrons. The number of rotatable bonds is 8. The third-order valence-electron chi connectivity index (χ3n) is 5.08. The largest absolute Gasteiger partial charge is 0.488 e. The van der Waals surface area contributed by atoms with Gasteiger partial charge in [-0.3, -0.25) is 9.59 Å². The van der Waals surface area contributed by atoms with Gasteiger partial charge in [0.1, 0.15) is 12.4 Å². The maximum atomic E-state index is 12.6. The fourth-order valence-corrected chi connectivity index (χ4v) is 3.67. The van der Waals surface area contributed by atoms with E-state index < -0.39 is 0 Å². The third kappa shape index (κ3) is 6.50. The Morgan fingerprint density at radius 1 is 1.00 bits per heavy atom. The molecular formula is C23H27ClN2O3. The van der Waals surface area contributed by atoms with Crippen LogP contribution in [0.2, 0.25) is 5.02 Å². The predicted octanol–water partition coefficient (Wildman–Crippen LogP) is 4.49. The number of benzene rings is 2. The van der Waals surface area contributed by atoms with Crippen LogP contribution in [0, 0.1) is 0 Å². The summed E-state index contributed by atoms with van der Waals surface area (Å²) in [5.74, 6) is 0.210. The van der Waals surface area contributed by atoms with Gasteiger partial charge in [0.2, 0.25) is 5.91 Å². The van der Waals surface area contributed by atoms with Crippen molar-refractivity contribution in [2.24, 2.45) is 0 Å². The lowest BCUT2D eigenvalue weighted by molar-refractivity contribution is -0.121. The minimum absolute atomic E-state index is 0.0135. The number of ether oxygens (including phenoxy) is 1. The lowest BCUT2D eigenvalue weighted by Crippen LogP contribution is -2.38. The molecule has 0 spiro atoms. The van der Waals surface area contributed by atoms with E-state index in [2.05, 4.69) is 10.6 Å². The van der Waals surface area contributed by atoms with Gasteiger partial charge >= 0.3 is 0 Å². The Labute approximate surface area is 176 Å². The summed E-state index contributed by atoms with van der Waals surface area (Å²) in [7, 11) is 0. The van der Waals surface area contributed by atoms with Crippen LogP contribution in [0.15, 0.2) is 48.5 Å². The second kappa shape index (κ2) is 10.9. The molecule has 1 fully saturated rings. The summed E-state index contributed by atoms with van der Waals surface area (Å²) < 4.78 is 5.83. The first-order valence-electron chi connectivity index (χ1n) is 10.2. The van der Waals surface area contributed by atoms with Crippen molar-refractivity contribution in [1.82, 2.24) is 10.6 Å². The smallest absolute Gasteiger partial charge is 0.255 e. The molecule has 2 aromatic rings. The number of hydrogen-bond donors (Lipinski definition) is 2. The maximum absolute atomic E-state index is 12.6. The van der Waals surface area contributed by atoms with E-state index in [0.717, 1.165) is 18.4 Å². The summed E-state index contributed by atoms with van der Waals surface area (Å²) in [5.41, 5.74) is 1.29. The van der Waals surface area contributed by atoms with Crippen LogP contribution in [0.1, 0.15) is 54.4 Å². The molecule has 1 aliphatic rings. The quantitative estimate of drug-likeness (QED) is 0.668. The van der Waals surface area contributed by atoms with Gasteiger partial charge in [-0.25, -0.2) is 0 Å². The van der Waals surface area contributed by atoms with Gasteiger partial charge in [0, 0.05) is 29.6 Å². The number of para-hydroxylation sites is 1. The second-order valence-corrected chi connectivity index (χ2v) is 7.69. The Morgan fingerprint density at radius 2 is 1.72 bits per heavy atom. The van der Waals surface area contributed by atoms with Crippen molar-refractivity contribution < 1.29 is 14.3 Å². The molecule has 0 aliphatic heterocycles. The van der Waals surface area contributed by atoms with Crippen LogP contribution in [-0.2, 0) is 11.4 Å². The molecule has 2 aromatic carbocycles. The van der Waals surface area contributed by atoms with E-state index in [1.165, 1.54) is 19.3 Å². The van der Waals surface area contributed by atoms with E-state index >= 15 is 0 Å². The third-order valence-corrected chi connectivity index (χ3v) is 5.45. The van der Waals surface area contributed by atoms with Crippen molar-refractivity contribution in [2.45, 2.75) is 51.2 Å². The van der Waals surface area contributed by atoms with Gasteiger partial charge in [-0.15, -0.1) is 0 Å². The molecule has 0 bridgehead atoms. The Kier molecular flexibility index (Phi) is 7.94. The highest BCUT2D eigenvalue weighted by molar-refractivity contribution is 6.31. The van der Waals surface area contributed by atoms with Crippen LogP contribution in [0.3, 0.4) is 0 Å². The van der Waals surface area contributed by atoms with Crippen molar-refractivity contribution in [3.05, 3.63) is 64.7 Å². The summed E-state index contributed by atoms with van der Waals surface area (Å²) >= 11 is 6.16. The number of nitrogens with one attached hydrogen (secondary N) is 2. The van der Waals surface area contributed by atoms with E-state index in [1.54, 1.807) is 24.3 Å². The van der Waals surface area contributed by atoms with Gasteiger partial charge in [-0.2, -0.15) is 0 Å². The average Bonchev–Trinajstić information content (AvgIpc) is 2.74. The molecule has 29 heavy (non-hydrogen) atoms. The minimum Gasteiger partial charge on any atom is -0.488 e. The van der Waals surface area contributed by atoms with Crippen LogP contribution in [0.4, 0.5) is 0 Å². The molecule has 2 N–H and O–H groups in total. The van der Waals surface area contributed by atoms with Crippen molar-refractivity contribution in [3.63, 3.8) is 0 Å². The fourth-order valence-electron chi connectivity index (χ4n) is 3.48. The number of halogens is 1. The zero-order valence-electron chi connectivity index (χ0n) is 16.5. The Hall–Kier alpha value is -2.53. The highest BCUT2D eigenvalue weighted by atomic mass is 35.5. The summed E-state index contributed by atoms with van der Waals surface area (Å²) in [6.45, 7) is 0.560. The minimum atomic E-state index is -0.259. The standard InChI is InChI=1S/C23H27ClN2O3/c24-20-12-6-4-8-17(20)16-29-21-13-7-5-11-19(21)23(28)25-15-14-22(27)26-18-9-2-1-3-10-18/h4-8,11-13,18H,1-3,9-10,14-16H2,(H,25,28)(H,26,27). The van der Waals surface area contributed by atoms with E-state index in [1.807, 2.05) is 24.3 Å². The van der Waals surface area contributed by atoms with E-state index in [9.17, 15) is 9.59 Å². The first-order valence-corrected chi connectivity index (χ1v) is 10.5. The molecule has 0 unspecified atom stereocenters. The zero-order chi connectivity index (χ0) is 20.5. The van der Waals surface area contributed by atoms with E-state index in [-0.39, 0.29) is 37.4 Å². The van der Waals surface area contributed by atoms with Crippen LogP contribution in [0.5, 0.6) is 5.75 Å². The summed E-state index contributed by atoms with van der Waals surface area (Å²) in [4.78, 5) is 24.7. The number of carbonyl (C=O) groups is 2. The Bertz CT molecular complexity index is 834. The zero-order valence-corrected chi connectivity index (χ0v) is 17.2. The summed E-state index contributed by atoms with van der Waals surface area (Å²) in [5, 5.41) is 6.49. The van der Waals surface area contributed by atoms with Gasteiger partial charge in [-0.05, 0) is 31.0 Å². The monoisotopic (exact) mass is 414 g/mol. The van der Waals surface area contributed by atoms with E-state index in [0.29, 0.717) is 16.3 Å². The molecule has 154 valence electrons. The summed E-state index contributed by atoms with van der Waals surface area (Å²) in [6, 6.07) is 14.8. The molecule has 3 rings (SSSR count). The molecule has 1 aliphatic carbocycles. The SMILES string of the molecule is O=C(CCNC(=O)c1ccccc1OCc1ccccc1Cl)NC1CCCCC1. The van der Waals surface area contributed by atoms with Crippen LogP contribution in [0.25, 0.3) is 0 Å². The normalized spacial score (nSPS) is 14.2. The lowest BCUT2D eigenvalue weighted by Gasteiger charge is -2.22. The summed E-state index contributed by atoms with van der Waals surface area (Å²) in [6.07, 6.45) is 5.97. The van der Waals surface area contributed by atoms with Crippen molar-refractivity contribution in [3.8, 4) is 5.75 Å². The molecule has 0 aromatic heterocycles. The molecule has 0 atom stereocenters. The average molecular weight is 415 g/mol. The molecule has 0 heterocycles. The highest BCUT2D eigenvalue weighted by Gasteiger charge is 2.16. The van der Waals surface area contributed by atoms with Gasteiger partial charge < -0.3 is 15.4 Å². The van der Waals surface area contributed by atoms with Crippen molar-refractivity contribution in [1.29, 1.82) is 0 Å². The fraction of sp³-hybridized carbons (Fsp3) is 0.391. The molecule has 2 amide bonds. The molecule has 0 saturated heterocycles. The van der Waals surface area contributed by atoms with Gasteiger partial charge in [0.25, 0.3) is 5.91 Å². The lowest BCUT2D eigenvalue weighted by atomic mass is 9.95. The predicted molar refractivity (Wildman–Crippen MR) is 114 cm³/mol. The van der Waals surface area contributed by atoms with Crippen molar-refractivity contribution >= 4 is 23.4 Å². The topological polar surface area (TPSA) is 67.4 Å². The van der Waals surface area contributed by atoms with Crippen LogP contribution in [-0.4, -0.2) is 24.4 Å². The second-order valence-electron chi connectivity index (χ2n) is 7.28. The molecular weight excluding hydrogens is 388 g/mol. The van der Waals surface area contributed by atoms with Gasteiger partial charge in [0.15, 0.2) is 0 Å². The maximum Gasteiger partial charge on any atom is 0.255 e. The van der Waals surface area contributed by atoms with Crippen LogP contribution < -0.4 is 15.4 Å². The van der Waals surface area contributed by atoms with E-state index in [4.69, 9.17) is 16.3 Å². The van der Waals surface area contributed by atoms with Crippen LogP contribution >= 0.6 is 11.6 Å². The highest BCUT2D eigenvalue weighted by Crippen LogP contribution is 2.22. The Morgan fingerprint density at radius 3 is 2.52 bits per heavy atom. The van der Waals surface area contributed by atoms with Crippen molar-refractivity contribution in [2.75, 3.05) is 6.54 Å². The van der Waals surface area contributed by atoms with Gasteiger partial charge in [0.05, 0.1) is 5.56 Å². The first-order chi connectivity index (χ1) is 14.1. The van der Waals surface area contributed by atoms with Gasteiger partial charge in [-0.1, -0.05) is 61.2 Å². The molecule has 5 nitrogen and oxygen atoms in total. The molecule has 1 saturated carbocycles. The molecule has 6 heteroatoms. The first kappa shape index (κ1) is 21.2.